The van der Waals surface area contributed by atoms with Gasteiger partial charge in [-0.3, -0.25) is 14.9 Å². The highest BCUT2D eigenvalue weighted by atomic mass is 16.6. The van der Waals surface area contributed by atoms with Gasteiger partial charge in [0.15, 0.2) is 5.78 Å². The summed E-state index contributed by atoms with van der Waals surface area (Å²) in [5.41, 5.74) is 2.08. The van der Waals surface area contributed by atoms with E-state index in [0.717, 1.165) is 5.56 Å². The van der Waals surface area contributed by atoms with Gasteiger partial charge in [0.1, 0.15) is 0 Å². The Bertz CT molecular complexity index is 618. The number of aryl methyl sites for hydroxylation is 1. The van der Waals surface area contributed by atoms with Crippen molar-refractivity contribution < 1.29 is 9.72 Å². The first kappa shape index (κ1) is 13.0. The highest BCUT2D eigenvalue weighted by Gasteiger charge is 2.16. The Morgan fingerprint density at radius 1 is 1.11 bits per heavy atom. The smallest absolute Gasteiger partial charge is 0.273 e. The lowest BCUT2D eigenvalue weighted by molar-refractivity contribution is -0.385. The number of nitro groups is 1. The van der Waals surface area contributed by atoms with E-state index in [1.165, 1.54) is 6.07 Å². The molecule has 0 unspecified atom stereocenters. The number of Topliss-reactive ketones (excluding diaryl/α,β-unsaturated/α-hetero) is 1. The lowest BCUT2D eigenvalue weighted by atomic mass is 10.0. The van der Waals surface area contributed by atoms with Gasteiger partial charge in [-0.15, -0.1) is 0 Å². The van der Waals surface area contributed by atoms with Crippen LogP contribution >= 0.6 is 0 Å². The number of nitro benzene ring substituents is 1. The molecule has 4 nitrogen and oxygen atoms in total. The number of carbonyl (C=O) groups is 1. The average molecular weight is 255 g/mol. The van der Waals surface area contributed by atoms with Crippen LogP contribution in [0.3, 0.4) is 0 Å². The van der Waals surface area contributed by atoms with Gasteiger partial charge >= 0.3 is 0 Å². The maximum absolute atomic E-state index is 12.1. The highest BCUT2D eigenvalue weighted by Crippen LogP contribution is 2.19. The Morgan fingerprint density at radius 3 is 2.37 bits per heavy atom. The van der Waals surface area contributed by atoms with E-state index in [-0.39, 0.29) is 17.9 Å². The van der Waals surface area contributed by atoms with Crippen molar-refractivity contribution in [2.75, 3.05) is 0 Å². The Balaban J connectivity index is 2.24. The fourth-order valence-electron chi connectivity index (χ4n) is 1.85. The molecule has 0 radical (unpaired) electrons. The molecule has 0 bridgehead atoms. The van der Waals surface area contributed by atoms with Crippen LogP contribution in [0.2, 0.25) is 0 Å². The van der Waals surface area contributed by atoms with E-state index in [0.29, 0.717) is 11.1 Å². The van der Waals surface area contributed by atoms with Crippen LogP contribution in [0.4, 0.5) is 5.69 Å². The van der Waals surface area contributed by atoms with E-state index in [2.05, 4.69) is 0 Å². The molecule has 0 atom stereocenters. The summed E-state index contributed by atoms with van der Waals surface area (Å²) >= 11 is 0. The number of hydrogen-bond acceptors (Lipinski definition) is 3. The Kier molecular flexibility index (Phi) is 3.71. The van der Waals surface area contributed by atoms with Gasteiger partial charge in [0.25, 0.3) is 5.69 Å². The quantitative estimate of drug-likeness (QED) is 0.478. The number of nitrogens with zero attached hydrogens (tertiary/aromatic N) is 1. The molecule has 0 aliphatic carbocycles. The van der Waals surface area contributed by atoms with E-state index in [9.17, 15) is 14.9 Å². The van der Waals surface area contributed by atoms with Gasteiger partial charge in [-0.05, 0) is 6.92 Å². The molecule has 2 rings (SSSR count). The Hall–Kier alpha value is -2.49. The summed E-state index contributed by atoms with van der Waals surface area (Å²) in [6.07, 6.45) is 0.0419. The van der Waals surface area contributed by atoms with Crippen LogP contribution in [0.25, 0.3) is 0 Å². The molecule has 96 valence electrons. The van der Waals surface area contributed by atoms with Crippen LogP contribution in [0.1, 0.15) is 21.5 Å². The molecular formula is C15H13NO3. The second-order valence-corrected chi connectivity index (χ2v) is 4.35. The topological polar surface area (TPSA) is 60.2 Å². The van der Waals surface area contributed by atoms with Gasteiger partial charge < -0.3 is 0 Å². The van der Waals surface area contributed by atoms with Crippen molar-refractivity contribution in [2.24, 2.45) is 0 Å². The molecule has 0 saturated carbocycles. The van der Waals surface area contributed by atoms with Gasteiger partial charge in [0.2, 0.25) is 0 Å². The molecule has 0 N–H and O–H groups in total. The predicted octanol–water partition coefficient (Wildman–Crippen LogP) is 3.33. The largest absolute Gasteiger partial charge is 0.294 e. The first-order chi connectivity index (χ1) is 9.08. The van der Waals surface area contributed by atoms with Crippen molar-refractivity contribution in [1.29, 1.82) is 0 Å². The zero-order chi connectivity index (χ0) is 13.8. The SMILES string of the molecule is Cc1ccc(C(=O)Cc2ccccc2[N+](=O)[O-])cc1. The first-order valence-corrected chi connectivity index (χ1v) is 5.90. The number of ketones is 1. The fourth-order valence-corrected chi connectivity index (χ4v) is 1.85. The minimum Gasteiger partial charge on any atom is -0.294 e. The summed E-state index contributed by atoms with van der Waals surface area (Å²) in [5, 5.41) is 10.9. The van der Waals surface area contributed by atoms with Crippen LogP contribution in [-0.4, -0.2) is 10.7 Å². The van der Waals surface area contributed by atoms with Crippen LogP contribution in [0, 0.1) is 17.0 Å². The van der Waals surface area contributed by atoms with Gasteiger partial charge in [-0.1, -0.05) is 48.0 Å². The lowest BCUT2D eigenvalue weighted by Crippen LogP contribution is -2.05. The average Bonchev–Trinajstić information content (AvgIpc) is 2.39. The van der Waals surface area contributed by atoms with Crippen molar-refractivity contribution in [2.45, 2.75) is 13.3 Å². The molecule has 19 heavy (non-hydrogen) atoms. The summed E-state index contributed by atoms with van der Waals surface area (Å²) in [7, 11) is 0. The van der Waals surface area contributed by atoms with Crippen LogP contribution in [-0.2, 0) is 6.42 Å². The molecule has 0 heterocycles. The van der Waals surface area contributed by atoms with E-state index < -0.39 is 4.92 Å². The zero-order valence-corrected chi connectivity index (χ0v) is 10.5. The molecule has 2 aromatic rings. The van der Waals surface area contributed by atoms with Crippen molar-refractivity contribution in [3.63, 3.8) is 0 Å². The minimum absolute atomic E-state index is 0.0111. The van der Waals surface area contributed by atoms with Crippen LogP contribution < -0.4 is 0 Å². The molecule has 0 amide bonds. The maximum Gasteiger partial charge on any atom is 0.273 e. The number of rotatable bonds is 4. The minimum atomic E-state index is -0.461. The molecule has 0 aliphatic heterocycles. The van der Waals surface area contributed by atoms with E-state index in [4.69, 9.17) is 0 Å². The third kappa shape index (κ3) is 3.04. The molecule has 0 spiro atoms. The summed E-state index contributed by atoms with van der Waals surface area (Å²) < 4.78 is 0. The standard InChI is InChI=1S/C15H13NO3/c1-11-6-8-12(9-7-11)15(17)10-13-4-2-3-5-14(13)16(18)19/h2-9H,10H2,1H3. The molecule has 2 aromatic carbocycles. The third-order valence-electron chi connectivity index (χ3n) is 2.91. The fraction of sp³-hybridized carbons (Fsp3) is 0.133. The number of hydrogen-bond donors (Lipinski definition) is 0. The zero-order valence-electron chi connectivity index (χ0n) is 10.5. The molecule has 4 heteroatoms. The lowest BCUT2D eigenvalue weighted by Gasteiger charge is -2.03. The summed E-state index contributed by atoms with van der Waals surface area (Å²) in [6, 6.07) is 13.5. The normalized spacial score (nSPS) is 10.2. The summed E-state index contributed by atoms with van der Waals surface area (Å²) in [5.74, 6) is -0.116. The Labute approximate surface area is 110 Å². The molecular weight excluding hydrogens is 242 g/mol. The Morgan fingerprint density at radius 2 is 1.74 bits per heavy atom. The summed E-state index contributed by atoms with van der Waals surface area (Å²) in [6.45, 7) is 1.94. The van der Waals surface area contributed by atoms with Crippen molar-refractivity contribution in [3.05, 3.63) is 75.3 Å². The number of benzene rings is 2. The van der Waals surface area contributed by atoms with Gasteiger partial charge in [-0.25, -0.2) is 0 Å². The molecule has 0 aromatic heterocycles. The van der Waals surface area contributed by atoms with Crippen molar-refractivity contribution >= 4 is 11.5 Å². The second-order valence-electron chi connectivity index (χ2n) is 4.35. The third-order valence-corrected chi connectivity index (χ3v) is 2.91. The predicted molar refractivity (Wildman–Crippen MR) is 72.3 cm³/mol. The second kappa shape index (κ2) is 5.44. The van der Waals surface area contributed by atoms with Crippen LogP contribution in [0.5, 0.6) is 0 Å². The van der Waals surface area contributed by atoms with Gasteiger partial charge in [-0.2, -0.15) is 0 Å². The van der Waals surface area contributed by atoms with Crippen molar-refractivity contribution in [1.82, 2.24) is 0 Å². The molecule has 0 saturated heterocycles. The van der Waals surface area contributed by atoms with E-state index in [1.54, 1.807) is 30.3 Å². The van der Waals surface area contributed by atoms with Crippen LogP contribution in [0.15, 0.2) is 48.5 Å². The molecule has 0 fully saturated rings. The van der Waals surface area contributed by atoms with E-state index >= 15 is 0 Å². The molecule has 0 aliphatic rings. The highest BCUT2D eigenvalue weighted by molar-refractivity contribution is 5.98. The first-order valence-electron chi connectivity index (χ1n) is 5.90. The van der Waals surface area contributed by atoms with Gasteiger partial charge in [0, 0.05) is 23.6 Å². The summed E-state index contributed by atoms with van der Waals surface area (Å²) in [4.78, 5) is 22.5. The number of para-hydroxylation sites is 1. The van der Waals surface area contributed by atoms with E-state index in [1.807, 2.05) is 19.1 Å². The van der Waals surface area contributed by atoms with Gasteiger partial charge in [0.05, 0.1) is 4.92 Å². The van der Waals surface area contributed by atoms with Crippen molar-refractivity contribution in [3.8, 4) is 0 Å². The monoisotopic (exact) mass is 255 g/mol. The maximum atomic E-state index is 12.1. The number of carbonyl (C=O) groups excluding carboxylic acids is 1.